The SMILES string of the molecule is CCCOC(=O)[C@H](C)NP(=O)(Oc1ccccc1)C(F)c1ccc2sc(C(=O)N[C@H](C(=O)N3CC[C@@H](CC4CCN(Cc5ccc6c(c5)n(C)c(=O)n6C5CCC(=O)NC5=O)CC4)[C@H]3C(=O)N3CCO[C@H](c4ccccc4)C3)C(C)(C)C)cc2c1. The number of hydrogen-bond donors (Lipinski definition) is 3. The normalized spacial score (nSPS) is 21.7. The molecule has 6 heterocycles. The molecular weight excluding hydrogens is 1130 g/mol. The van der Waals surface area contributed by atoms with E-state index in [4.69, 9.17) is 14.0 Å². The van der Waals surface area contributed by atoms with Crippen LogP contribution >= 0.6 is 18.9 Å². The number of esters is 1. The third-order valence-electron chi connectivity index (χ3n) is 16.9. The van der Waals surface area contributed by atoms with Gasteiger partial charge in [-0.1, -0.05) is 88.4 Å². The molecule has 0 saturated carbocycles. The lowest BCUT2D eigenvalue weighted by atomic mass is 9.82. The third-order valence-corrected chi connectivity index (χ3v) is 20.2. The van der Waals surface area contributed by atoms with Crippen LogP contribution < -0.4 is 25.9 Å². The molecule has 4 saturated heterocycles. The summed E-state index contributed by atoms with van der Waals surface area (Å²) in [6.45, 7) is 12.6. The molecule has 0 bridgehead atoms. The lowest BCUT2D eigenvalue weighted by molar-refractivity contribution is -0.152. The Morgan fingerprint density at radius 3 is 2.32 bits per heavy atom. The number of imidazole rings is 1. The van der Waals surface area contributed by atoms with Crippen LogP contribution in [0, 0.1) is 17.3 Å². The maximum absolute atomic E-state index is 16.9. The molecule has 22 heteroatoms. The molecule has 4 aliphatic heterocycles. The van der Waals surface area contributed by atoms with Crippen molar-refractivity contribution >= 4 is 75.5 Å². The van der Waals surface area contributed by atoms with Gasteiger partial charge in [-0.15, -0.1) is 11.3 Å². The van der Waals surface area contributed by atoms with Crippen LogP contribution in [-0.2, 0) is 51.6 Å². The van der Waals surface area contributed by atoms with Crippen molar-refractivity contribution in [3.63, 3.8) is 0 Å². The molecule has 0 aliphatic carbocycles. The standard InChI is InChI=1S/C63H76FN8O11PS/c1-7-31-82-61(78)39(2)67-84(80,83-46-16-12-9-13-17-46)56(64)44-19-22-51-45(35-44)36-52(85-51)58(75)66-55(63(3,4)5)60(77)71-29-26-43(54(71)59(76)70-30-32-81-50(38-70)42-14-10-8-11-15-42)33-40-24-27-69(28-25-40)37-41-18-20-47-49(34-41)68(6)62(79)72(47)48-21-23-53(73)65-57(48)74/h8-20,22,34-36,39-40,43,48,50,54-56H,7,21,23-33,37-38H2,1-6H3,(H,66,75)(H,67,80)(H,65,73,74)/t39-,43-,48?,50-,54-,55+,56?,84?/m0/s1. The van der Waals surface area contributed by atoms with Crippen LogP contribution in [0.3, 0.4) is 0 Å². The molecule has 10 rings (SSSR count). The van der Waals surface area contributed by atoms with E-state index in [0.29, 0.717) is 66.7 Å². The molecule has 8 atom stereocenters. The zero-order chi connectivity index (χ0) is 60.3. The van der Waals surface area contributed by atoms with Crippen LogP contribution in [0.1, 0.15) is 124 Å². The van der Waals surface area contributed by atoms with E-state index in [1.807, 2.05) is 81.1 Å². The van der Waals surface area contributed by atoms with Crippen molar-refractivity contribution < 1.29 is 51.7 Å². The van der Waals surface area contributed by atoms with E-state index in [1.165, 1.54) is 35.8 Å². The molecule has 3 unspecified atom stereocenters. The number of likely N-dealkylation sites (tertiary alicyclic amines) is 2. The molecule has 0 radical (unpaired) electrons. The summed E-state index contributed by atoms with van der Waals surface area (Å²) in [7, 11) is -2.83. The molecule has 3 N–H and O–H groups in total. The number of ether oxygens (including phenoxy) is 2. The zero-order valence-corrected chi connectivity index (χ0v) is 50.7. The van der Waals surface area contributed by atoms with E-state index in [-0.39, 0.29) is 77.0 Å². The fourth-order valence-electron chi connectivity index (χ4n) is 12.4. The number of benzene rings is 4. The van der Waals surface area contributed by atoms with Crippen molar-refractivity contribution in [2.75, 3.05) is 45.9 Å². The molecule has 5 amide bonds. The second-order valence-corrected chi connectivity index (χ2v) is 27.2. The van der Waals surface area contributed by atoms with E-state index in [2.05, 4.69) is 20.6 Å². The van der Waals surface area contributed by atoms with E-state index in [9.17, 15) is 28.5 Å². The highest BCUT2D eigenvalue weighted by molar-refractivity contribution is 7.57. The molecule has 4 fully saturated rings. The molecule has 4 aromatic carbocycles. The van der Waals surface area contributed by atoms with Gasteiger partial charge in [-0.25, -0.2) is 14.3 Å². The van der Waals surface area contributed by atoms with Crippen LogP contribution in [0.2, 0.25) is 0 Å². The van der Waals surface area contributed by atoms with Gasteiger partial charge in [-0.05, 0) is 140 Å². The average molecular weight is 1200 g/mol. The molecule has 2 aromatic heterocycles. The van der Waals surface area contributed by atoms with Crippen molar-refractivity contribution in [3.05, 3.63) is 135 Å². The predicted octanol–water partition coefficient (Wildman–Crippen LogP) is 8.97. The number of amides is 5. The number of rotatable bonds is 19. The Balaban J connectivity index is 0.846. The number of para-hydroxylation sites is 1. The Kier molecular flexibility index (Phi) is 18.6. The summed E-state index contributed by atoms with van der Waals surface area (Å²) < 4.78 is 52.4. The van der Waals surface area contributed by atoms with Gasteiger partial charge in [0.2, 0.25) is 29.5 Å². The first-order valence-electron chi connectivity index (χ1n) is 29.5. The second-order valence-electron chi connectivity index (χ2n) is 24.1. The van der Waals surface area contributed by atoms with Crippen molar-refractivity contribution in [1.82, 2.24) is 39.6 Å². The minimum absolute atomic E-state index is 0.00767. The van der Waals surface area contributed by atoms with Gasteiger partial charge in [-0.3, -0.25) is 52.7 Å². The number of hydrogen-bond acceptors (Lipinski definition) is 13. The maximum Gasteiger partial charge on any atom is 0.355 e. The smallest absolute Gasteiger partial charge is 0.355 e. The highest BCUT2D eigenvalue weighted by atomic mass is 32.1. The number of carbonyl (C=O) groups is 6. The molecular formula is C63H76FN8O11PS. The number of fused-ring (bicyclic) bond motifs is 2. The van der Waals surface area contributed by atoms with Crippen molar-refractivity contribution in [2.45, 2.75) is 122 Å². The topological polar surface area (TPSA) is 220 Å². The molecule has 452 valence electrons. The Morgan fingerprint density at radius 2 is 1.61 bits per heavy atom. The molecule has 0 spiro atoms. The van der Waals surface area contributed by atoms with Gasteiger partial charge < -0.3 is 29.1 Å². The molecule has 6 aromatic rings. The Bertz CT molecular complexity index is 3560. The number of carbonyl (C=O) groups excluding carboxylic acids is 6. The summed E-state index contributed by atoms with van der Waals surface area (Å²) >= 11 is 1.16. The van der Waals surface area contributed by atoms with E-state index < -0.39 is 60.8 Å². The third kappa shape index (κ3) is 13.5. The van der Waals surface area contributed by atoms with Crippen LogP contribution in [0.5, 0.6) is 5.75 Å². The number of thiophene rings is 1. The van der Waals surface area contributed by atoms with Gasteiger partial charge in [0, 0.05) is 37.8 Å². The summed E-state index contributed by atoms with van der Waals surface area (Å²) in [6, 6.07) is 26.2. The van der Waals surface area contributed by atoms with Crippen molar-refractivity contribution in [3.8, 4) is 5.75 Å². The van der Waals surface area contributed by atoms with Gasteiger partial charge in [0.1, 0.15) is 36.0 Å². The Labute approximate surface area is 498 Å². The van der Waals surface area contributed by atoms with Gasteiger partial charge in [0.25, 0.3) is 5.91 Å². The van der Waals surface area contributed by atoms with Crippen LogP contribution in [0.25, 0.3) is 21.1 Å². The molecule has 4 aliphatic rings. The number of alkyl halides is 1. The summed E-state index contributed by atoms with van der Waals surface area (Å²) in [5, 5.41) is 8.53. The summed E-state index contributed by atoms with van der Waals surface area (Å²) in [5.41, 5.74) is 2.20. The second kappa shape index (κ2) is 25.9. The minimum Gasteiger partial charge on any atom is -0.465 e. The number of morpholine rings is 1. The highest BCUT2D eigenvalue weighted by Crippen LogP contribution is 2.58. The Morgan fingerprint density at radius 1 is 0.882 bits per heavy atom. The predicted molar refractivity (Wildman–Crippen MR) is 321 cm³/mol. The monoisotopic (exact) mass is 1200 g/mol. The van der Waals surface area contributed by atoms with Gasteiger partial charge in [-0.2, -0.15) is 0 Å². The number of aryl methyl sites for hydroxylation is 1. The van der Waals surface area contributed by atoms with E-state index in [1.54, 1.807) is 46.8 Å². The average Bonchev–Trinajstić information content (AvgIpc) is 3.75. The number of halogens is 1. The highest BCUT2D eigenvalue weighted by Gasteiger charge is 2.49. The fourth-order valence-corrected chi connectivity index (χ4v) is 15.2. The number of nitrogens with one attached hydrogen (secondary N) is 3. The lowest BCUT2D eigenvalue weighted by Gasteiger charge is -2.40. The first-order chi connectivity index (χ1) is 40.7. The van der Waals surface area contributed by atoms with E-state index >= 15 is 14.0 Å². The minimum atomic E-state index is -4.52. The molecule has 19 nitrogen and oxygen atoms in total. The maximum atomic E-state index is 16.9. The quantitative estimate of drug-likeness (QED) is 0.0392. The summed E-state index contributed by atoms with van der Waals surface area (Å²) in [4.78, 5) is 102. The molecule has 85 heavy (non-hydrogen) atoms. The van der Waals surface area contributed by atoms with Crippen LogP contribution in [-0.4, -0.2) is 123 Å². The first kappa shape index (κ1) is 61.1. The number of aromatic nitrogens is 2. The van der Waals surface area contributed by atoms with Crippen LogP contribution in [0.4, 0.5) is 4.39 Å². The van der Waals surface area contributed by atoms with Crippen molar-refractivity contribution in [1.29, 1.82) is 0 Å². The number of piperidine rings is 2. The van der Waals surface area contributed by atoms with Crippen LogP contribution in [0.15, 0.2) is 108 Å². The summed E-state index contributed by atoms with van der Waals surface area (Å²) in [5.74, 6) is -4.53. The van der Waals surface area contributed by atoms with Gasteiger partial charge in [0.05, 0.1) is 35.7 Å². The van der Waals surface area contributed by atoms with Gasteiger partial charge >= 0.3 is 19.2 Å². The number of imide groups is 1. The largest absolute Gasteiger partial charge is 0.465 e. The zero-order valence-electron chi connectivity index (χ0n) is 49.0. The van der Waals surface area contributed by atoms with Crippen molar-refractivity contribution in [2.24, 2.45) is 24.3 Å². The van der Waals surface area contributed by atoms with Gasteiger partial charge in [0.15, 0.2) is 0 Å². The number of nitrogens with zero attached hydrogens (tertiary/aromatic N) is 5. The lowest BCUT2D eigenvalue weighted by Crippen LogP contribution is -2.59. The Hall–Kier alpha value is -7.03. The fraction of sp³-hybridized carbons (Fsp3) is 0.476. The van der Waals surface area contributed by atoms with E-state index in [0.717, 1.165) is 54.8 Å². The first-order valence-corrected chi connectivity index (χ1v) is 32.0. The summed E-state index contributed by atoms with van der Waals surface area (Å²) in [6.07, 6.45) is 3.73.